The highest BCUT2D eigenvalue weighted by Gasteiger charge is 2.23. The number of unbranched alkanes of at least 4 members (excludes halogenated alkanes) is 3. The van der Waals surface area contributed by atoms with Crippen molar-refractivity contribution < 1.29 is 28.4 Å². The summed E-state index contributed by atoms with van der Waals surface area (Å²) in [5, 5.41) is 0. The molecule has 35 heavy (non-hydrogen) atoms. The molecular weight excluding hydrogens is 444 g/mol. The summed E-state index contributed by atoms with van der Waals surface area (Å²) in [6, 6.07) is 7.25. The number of benzene rings is 1. The Morgan fingerprint density at radius 1 is 0.543 bits per heavy atom. The zero-order chi connectivity index (χ0) is 24.6. The van der Waals surface area contributed by atoms with Crippen LogP contribution in [-0.4, -0.2) is 77.8 Å². The number of epoxide rings is 3. The molecule has 3 atom stereocenters. The van der Waals surface area contributed by atoms with Gasteiger partial charge in [-0.1, -0.05) is 18.2 Å². The molecule has 4 rings (SSSR count). The summed E-state index contributed by atoms with van der Waals surface area (Å²) in [5.74, 6) is 0. The number of rotatable bonds is 21. The van der Waals surface area contributed by atoms with Crippen molar-refractivity contribution in [2.24, 2.45) is 0 Å². The van der Waals surface area contributed by atoms with Crippen LogP contribution in [0.25, 0.3) is 0 Å². The highest BCUT2D eigenvalue weighted by Crippen LogP contribution is 2.18. The molecule has 0 bridgehead atoms. The fourth-order valence-corrected chi connectivity index (χ4v) is 4.01. The van der Waals surface area contributed by atoms with Gasteiger partial charge in [0.1, 0.15) is 18.3 Å². The minimum absolute atomic E-state index is 0.365. The maximum absolute atomic E-state index is 5.69. The van der Waals surface area contributed by atoms with Gasteiger partial charge >= 0.3 is 0 Å². The Labute approximate surface area is 212 Å². The van der Waals surface area contributed by atoms with Crippen LogP contribution in [0.3, 0.4) is 0 Å². The first kappa shape index (κ1) is 28.3. The van der Waals surface area contributed by atoms with E-state index < -0.39 is 0 Å². The van der Waals surface area contributed by atoms with Gasteiger partial charge in [-0.2, -0.15) is 0 Å². The molecule has 3 saturated heterocycles. The smallest absolute Gasteiger partial charge is 0.104 e. The van der Waals surface area contributed by atoms with Crippen molar-refractivity contribution in [1.82, 2.24) is 0 Å². The van der Waals surface area contributed by atoms with E-state index in [2.05, 4.69) is 31.4 Å². The molecule has 0 N–H and O–H groups in total. The van der Waals surface area contributed by atoms with Crippen LogP contribution in [0.1, 0.15) is 55.2 Å². The summed E-state index contributed by atoms with van der Waals surface area (Å²) in [6.07, 6.45) is 11.3. The highest BCUT2D eigenvalue weighted by atomic mass is 16.6. The zero-order valence-corrected chi connectivity index (χ0v) is 21.6. The van der Waals surface area contributed by atoms with Crippen LogP contribution in [0.2, 0.25) is 0 Å². The lowest BCUT2D eigenvalue weighted by Crippen LogP contribution is -2.04. The minimum Gasteiger partial charge on any atom is -0.379 e. The van der Waals surface area contributed by atoms with Gasteiger partial charge in [-0.3, -0.25) is 0 Å². The molecule has 3 heterocycles. The lowest BCUT2D eigenvalue weighted by Gasteiger charge is -2.11. The molecule has 3 aliphatic rings. The van der Waals surface area contributed by atoms with Gasteiger partial charge in [0.25, 0.3) is 0 Å². The Bertz CT molecular complexity index is 581. The summed E-state index contributed by atoms with van der Waals surface area (Å²) in [4.78, 5) is 0. The predicted octanol–water partition coefficient (Wildman–Crippen LogP) is 4.70. The number of ether oxygens (including phenoxy) is 6. The van der Waals surface area contributed by atoms with Gasteiger partial charge in [0.05, 0.1) is 39.6 Å². The van der Waals surface area contributed by atoms with Crippen LogP contribution >= 0.6 is 0 Å². The Morgan fingerprint density at radius 2 is 0.829 bits per heavy atom. The van der Waals surface area contributed by atoms with E-state index in [1.807, 2.05) is 0 Å². The summed E-state index contributed by atoms with van der Waals surface area (Å²) in [6.45, 7) is 13.4. The monoisotopic (exact) mass is 490 g/mol. The van der Waals surface area contributed by atoms with Crippen LogP contribution in [0, 0.1) is 0 Å². The van der Waals surface area contributed by atoms with Gasteiger partial charge in [-0.05, 0) is 74.5 Å². The third-order valence-corrected chi connectivity index (χ3v) is 6.24. The molecule has 0 radical (unpaired) electrons. The summed E-state index contributed by atoms with van der Waals surface area (Å²) in [5.41, 5.74) is 4.41. The van der Waals surface area contributed by atoms with Crippen molar-refractivity contribution in [1.29, 1.82) is 0 Å². The van der Waals surface area contributed by atoms with Crippen molar-refractivity contribution in [2.75, 3.05) is 59.5 Å². The largest absolute Gasteiger partial charge is 0.379 e. The summed E-state index contributed by atoms with van der Waals surface area (Å²) < 4.78 is 32.6. The molecule has 0 aromatic heterocycles. The van der Waals surface area contributed by atoms with Crippen molar-refractivity contribution in [3.05, 3.63) is 48.0 Å². The molecule has 1 aromatic carbocycles. The molecule has 1 aromatic rings. The number of hydrogen-bond acceptors (Lipinski definition) is 6. The molecule has 0 spiro atoms. The number of hydrogen-bond donors (Lipinski definition) is 0. The maximum Gasteiger partial charge on any atom is 0.104 e. The molecule has 3 unspecified atom stereocenters. The van der Waals surface area contributed by atoms with Crippen molar-refractivity contribution in [3.8, 4) is 0 Å². The fourth-order valence-electron chi connectivity index (χ4n) is 4.01. The van der Waals surface area contributed by atoms with E-state index in [0.29, 0.717) is 18.3 Å². The van der Waals surface area contributed by atoms with Crippen LogP contribution in [-0.2, 0) is 47.7 Å². The molecule has 3 aliphatic heterocycles. The van der Waals surface area contributed by atoms with Crippen molar-refractivity contribution in [3.63, 3.8) is 0 Å². The summed E-state index contributed by atoms with van der Waals surface area (Å²) in [7, 11) is 0. The Balaban J connectivity index is 0.00000167. The Hall–Kier alpha value is -1.28. The predicted molar refractivity (Wildman–Crippen MR) is 138 cm³/mol. The minimum atomic E-state index is 0.365. The standard InChI is InChI=1S/C27H42O6.C2H4/c1(4-10-28-16-25-19-31-25)7-22-13-23(8-2-5-11-29-17-26-20-32-26)15-24(14-22)9-3-6-12-30-18-27-21-33-27;1-2/h13-15,25-27H,1-12,16-21H2;1-2H2. The van der Waals surface area contributed by atoms with Gasteiger partial charge in [0.2, 0.25) is 0 Å². The van der Waals surface area contributed by atoms with E-state index in [1.165, 1.54) is 36.0 Å². The van der Waals surface area contributed by atoms with Gasteiger partial charge in [-0.25, -0.2) is 0 Å². The average molecular weight is 491 g/mol. The third kappa shape index (κ3) is 14.1. The van der Waals surface area contributed by atoms with Crippen LogP contribution < -0.4 is 0 Å². The van der Waals surface area contributed by atoms with E-state index in [9.17, 15) is 0 Å². The second-order valence-electron chi connectivity index (χ2n) is 9.62. The first-order chi connectivity index (χ1) is 17.3. The van der Waals surface area contributed by atoms with E-state index in [4.69, 9.17) is 28.4 Å². The maximum atomic E-state index is 5.69. The molecular formula is C29H46O6. The van der Waals surface area contributed by atoms with Gasteiger partial charge in [-0.15, -0.1) is 13.2 Å². The van der Waals surface area contributed by atoms with Gasteiger partial charge in [0.15, 0.2) is 0 Å². The van der Waals surface area contributed by atoms with Crippen molar-refractivity contribution >= 4 is 0 Å². The van der Waals surface area contributed by atoms with Gasteiger partial charge < -0.3 is 28.4 Å². The Morgan fingerprint density at radius 3 is 1.09 bits per heavy atom. The first-order valence-electron chi connectivity index (χ1n) is 13.5. The van der Waals surface area contributed by atoms with E-state index in [0.717, 1.165) is 98.0 Å². The van der Waals surface area contributed by atoms with Crippen molar-refractivity contribution in [2.45, 2.75) is 76.1 Å². The normalized spacial score (nSPS) is 21.9. The molecule has 3 fully saturated rings. The second-order valence-corrected chi connectivity index (χ2v) is 9.62. The lowest BCUT2D eigenvalue weighted by atomic mass is 9.96. The van der Waals surface area contributed by atoms with E-state index >= 15 is 0 Å². The SMILES string of the molecule is C=C.c1c(CCCCOCC2CO2)cc(CCCCOCC2CO2)cc1CCCCOCC1CO1. The number of aryl methyl sites for hydroxylation is 3. The highest BCUT2D eigenvalue weighted by molar-refractivity contribution is 5.30. The molecule has 198 valence electrons. The quantitative estimate of drug-likeness (QED) is 0.141. The van der Waals surface area contributed by atoms with E-state index in [1.54, 1.807) is 0 Å². The average Bonchev–Trinajstić information content (AvgIpc) is 3.71. The van der Waals surface area contributed by atoms with Crippen LogP contribution in [0.5, 0.6) is 0 Å². The van der Waals surface area contributed by atoms with Crippen LogP contribution in [0.15, 0.2) is 31.4 Å². The molecule has 0 saturated carbocycles. The first-order valence-corrected chi connectivity index (χ1v) is 13.5. The summed E-state index contributed by atoms with van der Waals surface area (Å²) >= 11 is 0. The topological polar surface area (TPSA) is 65.3 Å². The molecule has 0 amide bonds. The fraction of sp³-hybridized carbons (Fsp3) is 0.724. The van der Waals surface area contributed by atoms with E-state index in [-0.39, 0.29) is 0 Å². The Kier molecular flexibility index (Phi) is 13.9. The molecule has 0 aliphatic carbocycles. The van der Waals surface area contributed by atoms with Gasteiger partial charge in [0, 0.05) is 19.8 Å². The molecule has 6 heteroatoms. The van der Waals surface area contributed by atoms with Crippen LogP contribution in [0.4, 0.5) is 0 Å². The zero-order valence-electron chi connectivity index (χ0n) is 21.6. The molecule has 6 nitrogen and oxygen atoms in total. The second kappa shape index (κ2) is 17.2. The lowest BCUT2D eigenvalue weighted by molar-refractivity contribution is 0.113. The third-order valence-electron chi connectivity index (χ3n) is 6.24.